The molecular formula is C15H17N3O4S2. The van der Waals surface area contributed by atoms with Crippen LogP contribution in [0.5, 0.6) is 0 Å². The second kappa shape index (κ2) is 8.04. The molecule has 24 heavy (non-hydrogen) atoms. The Bertz CT molecular complexity index is 813. The number of nitrogens with one attached hydrogen (secondary N) is 2. The highest BCUT2D eigenvalue weighted by molar-refractivity contribution is 7.89. The first-order chi connectivity index (χ1) is 11.4. The van der Waals surface area contributed by atoms with E-state index in [1.165, 1.54) is 23.5 Å². The van der Waals surface area contributed by atoms with Crippen molar-refractivity contribution in [3.8, 4) is 0 Å². The minimum atomic E-state index is -3.82. The Balaban J connectivity index is 1.82. The summed E-state index contributed by atoms with van der Waals surface area (Å²) in [6.07, 6.45) is 0. The van der Waals surface area contributed by atoms with E-state index in [9.17, 15) is 13.2 Å². The molecule has 9 heteroatoms. The van der Waals surface area contributed by atoms with E-state index in [1.54, 1.807) is 19.1 Å². The van der Waals surface area contributed by atoms with Crippen LogP contribution in [0.3, 0.4) is 0 Å². The van der Waals surface area contributed by atoms with E-state index in [0.29, 0.717) is 5.71 Å². The van der Waals surface area contributed by atoms with Crippen molar-refractivity contribution in [2.24, 2.45) is 5.16 Å². The number of sulfonamides is 1. The zero-order valence-electron chi connectivity index (χ0n) is 13.1. The Morgan fingerprint density at radius 1 is 1.25 bits per heavy atom. The van der Waals surface area contributed by atoms with Gasteiger partial charge in [-0.1, -0.05) is 28.9 Å². The highest BCUT2D eigenvalue weighted by Gasteiger charge is 2.14. The SMILES string of the molecule is CC(=NOCC(=O)NNS(=O)(=O)c1ccc(C)cc1)c1cccs1. The molecular weight excluding hydrogens is 350 g/mol. The molecule has 0 aliphatic heterocycles. The second-order valence-corrected chi connectivity index (χ2v) is 7.52. The average Bonchev–Trinajstić information content (AvgIpc) is 3.08. The number of benzene rings is 1. The molecule has 0 saturated carbocycles. The fourth-order valence-corrected chi connectivity index (χ4v) is 3.18. The Kier molecular flexibility index (Phi) is 6.07. The summed E-state index contributed by atoms with van der Waals surface area (Å²) in [6, 6.07) is 10.0. The Hall–Kier alpha value is -2.23. The van der Waals surface area contributed by atoms with E-state index in [-0.39, 0.29) is 4.90 Å². The quantitative estimate of drug-likeness (QED) is 0.576. The summed E-state index contributed by atoms with van der Waals surface area (Å²) < 4.78 is 24.0. The van der Waals surface area contributed by atoms with Crippen LogP contribution in [0.25, 0.3) is 0 Å². The maximum Gasteiger partial charge on any atom is 0.275 e. The number of carbonyl (C=O) groups excluding carboxylic acids is 1. The second-order valence-electron chi connectivity index (χ2n) is 4.89. The summed E-state index contributed by atoms with van der Waals surface area (Å²) >= 11 is 1.50. The van der Waals surface area contributed by atoms with Crippen molar-refractivity contribution in [1.29, 1.82) is 0 Å². The summed E-state index contributed by atoms with van der Waals surface area (Å²) in [4.78, 5) is 19.5. The van der Waals surface area contributed by atoms with Crippen LogP contribution in [-0.4, -0.2) is 26.6 Å². The lowest BCUT2D eigenvalue weighted by atomic mass is 10.2. The Morgan fingerprint density at radius 3 is 2.58 bits per heavy atom. The van der Waals surface area contributed by atoms with Gasteiger partial charge in [0.1, 0.15) is 0 Å². The molecule has 2 rings (SSSR count). The van der Waals surface area contributed by atoms with E-state index in [0.717, 1.165) is 10.4 Å². The van der Waals surface area contributed by atoms with Crippen molar-refractivity contribution in [2.75, 3.05) is 6.61 Å². The van der Waals surface area contributed by atoms with Gasteiger partial charge in [-0.05, 0) is 37.4 Å². The minimum Gasteiger partial charge on any atom is -0.385 e. The van der Waals surface area contributed by atoms with Gasteiger partial charge in [-0.25, -0.2) is 8.42 Å². The molecule has 0 radical (unpaired) electrons. The fourth-order valence-electron chi connectivity index (χ4n) is 1.65. The molecule has 0 aliphatic rings. The molecule has 0 fully saturated rings. The maximum atomic E-state index is 12.0. The topological polar surface area (TPSA) is 96.9 Å². The number of rotatable bonds is 7. The van der Waals surface area contributed by atoms with Crippen molar-refractivity contribution in [3.63, 3.8) is 0 Å². The zero-order chi connectivity index (χ0) is 17.6. The molecule has 0 unspecified atom stereocenters. The molecule has 7 nitrogen and oxygen atoms in total. The fraction of sp³-hybridized carbons (Fsp3) is 0.200. The number of oxime groups is 1. The van der Waals surface area contributed by atoms with Gasteiger partial charge in [-0.15, -0.1) is 16.2 Å². The molecule has 1 amide bonds. The summed E-state index contributed by atoms with van der Waals surface area (Å²) in [5, 5.41) is 5.71. The van der Waals surface area contributed by atoms with Crippen molar-refractivity contribution >= 4 is 33.0 Å². The van der Waals surface area contributed by atoms with Crippen molar-refractivity contribution in [3.05, 3.63) is 52.2 Å². The zero-order valence-corrected chi connectivity index (χ0v) is 14.8. The number of hydrazine groups is 1. The maximum absolute atomic E-state index is 12.0. The number of amides is 1. The first-order valence-electron chi connectivity index (χ1n) is 6.96. The molecule has 2 aromatic rings. The van der Waals surface area contributed by atoms with Crippen LogP contribution in [0.15, 0.2) is 51.8 Å². The molecule has 1 aromatic heterocycles. The number of carbonyl (C=O) groups is 1. The van der Waals surface area contributed by atoms with Gasteiger partial charge in [0.25, 0.3) is 15.9 Å². The summed E-state index contributed by atoms with van der Waals surface area (Å²) in [6.45, 7) is 3.20. The Morgan fingerprint density at radius 2 is 1.96 bits per heavy atom. The molecule has 0 aliphatic carbocycles. The first kappa shape index (κ1) is 18.1. The van der Waals surface area contributed by atoms with Gasteiger partial charge < -0.3 is 4.84 Å². The number of hydrogen-bond donors (Lipinski definition) is 2. The minimum absolute atomic E-state index is 0.0564. The van der Waals surface area contributed by atoms with Crippen molar-refractivity contribution in [1.82, 2.24) is 10.3 Å². The van der Waals surface area contributed by atoms with Crippen molar-refractivity contribution in [2.45, 2.75) is 18.7 Å². The van der Waals surface area contributed by atoms with Crippen LogP contribution < -0.4 is 10.3 Å². The highest BCUT2D eigenvalue weighted by Crippen LogP contribution is 2.10. The monoisotopic (exact) mass is 367 g/mol. The molecule has 128 valence electrons. The molecule has 0 bridgehead atoms. The third kappa shape index (κ3) is 5.15. The summed E-state index contributed by atoms with van der Waals surface area (Å²) in [5.74, 6) is -0.659. The van der Waals surface area contributed by atoms with Crippen LogP contribution >= 0.6 is 11.3 Å². The van der Waals surface area contributed by atoms with Gasteiger partial charge in [0.15, 0.2) is 6.61 Å². The number of hydrogen-bond acceptors (Lipinski definition) is 6. The summed E-state index contributed by atoms with van der Waals surface area (Å²) in [5.41, 5.74) is 3.65. The van der Waals surface area contributed by atoms with Gasteiger partial charge in [-0.3, -0.25) is 10.2 Å². The highest BCUT2D eigenvalue weighted by atomic mass is 32.2. The first-order valence-corrected chi connectivity index (χ1v) is 9.32. The number of aryl methyl sites for hydroxylation is 1. The molecule has 2 N–H and O–H groups in total. The van der Waals surface area contributed by atoms with E-state index < -0.39 is 22.5 Å². The molecule has 1 heterocycles. The van der Waals surface area contributed by atoms with E-state index in [4.69, 9.17) is 4.84 Å². The normalized spacial score (nSPS) is 12.0. The predicted molar refractivity (Wildman–Crippen MR) is 92.1 cm³/mol. The van der Waals surface area contributed by atoms with Gasteiger partial charge in [-0.2, -0.15) is 0 Å². The van der Waals surface area contributed by atoms with Crippen molar-refractivity contribution < 1.29 is 18.0 Å². The van der Waals surface area contributed by atoms with Gasteiger partial charge >= 0.3 is 0 Å². The molecule has 0 saturated heterocycles. The molecule has 0 spiro atoms. The van der Waals surface area contributed by atoms with Crippen LogP contribution in [0.1, 0.15) is 17.4 Å². The average molecular weight is 367 g/mol. The lowest BCUT2D eigenvalue weighted by molar-refractivity contribution is -0.126. The van der Waals surface area contributed by atoms with Crippen LogP contribution in [-0.2, 0) is 19.7 Å². The number of nitrogens with zero attached hydrogens (tertiary/aromatic N) is 1. The summed E-state index contributed by atoms with van der Waals surface area (Å²) in [7, 11) is -3.82. The van der Waals surface area contributed by atoms with Crippen LogP contribution in [0.2, 0.25) is 0 Å². The predicted octanol–water partition coefficient (Wildman–Crippen LogP) is 1.81. The van der Waals surface area contributed by atoms with E-state index in [1.807, 2.05) is 29.3 Å². The standard InChI is InChI=1S/C15H17N3O4S2/c1-11-5-7-13(8-6-11)24(20,21)18-16-15(19)10-22-17-12(2)14-4-3-9-23-14/h3-9,18H,10H2,1-2H3,(H,16,19). The molecule has 0 atom stereocenters. The third-order valence-electron chi connectivity index (χ3n) is 2.93. The largest absolute Gasteiger partial charge is 0.385 e. The van der Waals surface area contributed by atoms with Crippen LogP contribution in [0.4, 0.5) is 0 Å². The number of thiophene rings is 1. The molecule has 1 aromatic carbocycles. The lowest BCUT2D eigenvalue weighted by Crippen LogP contribution is -2.43. The van der Waals surface area contributed by atoms with E-state index >= 15 is 0 Å². The Labute approximate surface area is 144 Å². The van der Waals surface area contributed by atoms with Gasteiger partial charge in [0, 0.05) is 0 Å². The lowest BCUT2D eigenvalue weighted by Gasteiger charge is -2.08. The van der Waals surface area contributed by atoms with E-state index in [2.05, 4.69) is 10.6 Å². The smallest absolute Gasteiger partial charge is 0.275 e. The third-order valence-corrected chi connectivity index (χ3v) is 5.17. The van der Waals surface area contributed by atoms with Crippen LogP contribution in [0, 0.1) is 6.92 Å². The van der Waals surface area contributed by atoms with Gasteiger partial charge in [0.05, 0.1) is 15.5 Å². The van der Waals surface area contributed by atoms with Gasteiger partial charge in [0.2, 0.25) is 0 Å².